The molecule has 0 aliphatic heterocycles. The van der Waals surface area contributed by atoms with Crippen LogP contribution in [0.15, 0.2) is 51.8 Å². The van der Waals surface area contributed by atoms with Gasteiger partial charge in [-0.05, 0) is 61.4 Å². The highest BCUT2D eigenvalue weighted by Gasteiger charge is 2.14. The standard InChI is InChI=1S/C20H25BrN2O4S/c1-3-4-13-27-17-7-10-19(15(2)14-17)23-20(24)11-12-22-28(25,26)18-8-5-16(21)6-9-18/h5-10,14,22H,3-4,11-13H2,1-2H3,(H,23,24). The van der Waals surface area contributed by atoms with Gasteiger partial charge in [-0.3, -0.25) is 4.79 Å². The topological polar surface area (TPSA) is 84.5 Å². The number of carbonyl (C=O) groups is 1. The summed E-state index contributed by atoms with van der Waals surface area (Å²) in [7, 11) is -3.64. The van der Waals surface area contributed by atoms with E-state index in [1.165, 1.54) is 12.1 Å². The molecule has 6 nitrogen and oxygen atoms in total. The second-order valence-electron chi connectivity index (χ2n) is 6.33. The highest BCUT2D eigenvalue weighted by Crippen LogP contribution is 2.22. The Kier molecular flexibility index (Phi) is 8.47. The molecule has 0 saturated carbocycles. The van der Waals surface area contributed by atoms with Crippen molar-refractivity contribution in [3.05, 3.63) is 52.5 Å². The summed E-state index contributed by atoms with van der Waals surface area (Å²) in [5.74, 6) is 0.507. The van der Waals surface area contributed by atoms with Crippen molar-refractivity contribution in [2.75, 3.05) is 18.5 Å². The first-order valence-electron chi connectivity index (χ1n) is 9.10. The Morgan fingerprint density at radius 2 is 1.86 bits per heavy atom. The fourth-order valence-electron chi connectivity index (χ4n) is 2.41. The van der Waals surface area contributed by atoms with Crippen LogP contribution in [0.4, 0.5) is 5.69 Å². The smallest absolute Gasteiger partial charge is 0.240 e. The summed E-state index contributed by atoms with van der Waals surface area (Å²) in [5.41, 5.74) is 1.57. The van der Waals surface area contributed by atoms with Crippen LogP contribution in [0.5, 0.6) is 5.75 Å². The van der Waals surface area contributed by atoms with Crippen LogP contribution in [0.2, 0.25) is 0 Å². The van der Waals surface area contributed by atoms with Gasteiger partial charge in [-0.1, -0.05) is 29.3 Å². The van der Waals surface area contributed by atoms with E-state index < -0.39 is 10.0 Å². The highest BCUT2D eigenvalue weighted by atomic mass is 79.9. The molecule has 8 heteroatoms. The van der Waals surface area contributed by atoms with Crippen molar-refractivity contribution in [1.29, 1.82) is 0 Å². The van der Waals surface area contributed by atoms with Crippen LogP contribution in [0.25, 0.3) is 0 Å². The number of hydrogen-bond donors (Lipinski definition) is 2. The van der Waals surface area contributed by atoms with E-state index >= 15 is 0 Å². The van der Waals surface area contributed by atoms with Gasteiger partial charge < -0.3 is 10.1 Å². The van der Waals surface area contributed by atoms with Crippen LogP contribution in [0, 0.1) is 6.92 Å². The van der Waals surface area contributed by atoms with Crippen molar-refractivity contribution in [1.82, 2.24) is 4.72 Å². The lowest BCUT2D eigenvalue weighted by atomic mass is 10.2. The summed E-state index contributed by atoms with van der Waals surface area (Å²) in [4.78, 5) is 12.3. The zero-order valence-electron chi connectivity index (χ0n) is 16.0. The average molecular weight is 469 g/mol. The second kappa shape index (κ2) is 10.6. The highest BCUT2D eigenvalue weighted by molar-refractivity contribution is 9.10. The van der Waals surface area contributed by atoms with Crippen LogP contribution in [-0.4, -0.2) is 27.5 Å². The number of nitrogens with one attached hydrogen (secondary N) is 2. The van der Waals surface area contributed by atoms with E-state index in [0.717, 1.165) is 28.6 Å². The number of rotatable bonds is 10. The van der Waals surface area contributed by atoms with Crippen molar-refractivity contribution in [2.45, 2.75) is 38.0 Å². The lowest BCUT2D eigenvalue weighted by Crippen LogP contribution is -2.27. The Balaban J connectivity index is 1.84. The second-order valence-corrected chi connectivity index (χ2v) is 9.01. The lowest BCUT2D eigenvalue weighted by Gasteiger charge is -2.12. The molecule has 0 heterocycles. The third kappa shape index (κ3) is 6.92. The summed E-state index contributed by atoms with van der Waals surface area (Å²) in [5, 5.41) is 2.80. The molecule has 2 rings (SSSR count). The number of hydrogen-bond acceptors (Lipinski definition) is 4. The molecule has 0 aliphatic rings. The first-order chi connectivity index (χ1) is 13.3. The number of halogens is 1. The zero-order valence-corrected chi connectivity index (χ0v) is 18.4. The van der Waals surface area contributed by atoms with Crippen LogP contribution in [0.1, 0.15) is 31.7 Å². The molecule has 0 fully saturated rings. The Labute approximate surface area is 174 Å². The summed E-state index contributed by atoms with van der Waals surface area (Å²) < 4.78 is 33.3. The van der Waals surface area contributed by atoms with Gasteiger partial charge in [0.25, 0.3) is 0 Å². The number of carbonyl (C=O) groups excluding carboxylic acids is 1. The number of ether oxygens (including phenoxy) is 1. The molecule has 2 N–H and O–H groups in total. The molecule has 0 aromatic heterocycles. The number of unbranched alkanes of at least 4 members (excludes halogenated alkanes) is 1. The minimum atomic E-state index is -3.64. The molecular weight excluding hydrogens is 444 g/mol. The first kappa shape index (κ1) is 22.4. The summed E-state index contributed by atoms with van der Waals surface area (Å²) in [6.07, 6.45) is 2.09. The normalized spacial score (nSPS) is 11.2. The lowest BCUT2D eigenvalue weighted by molar-refractivity contribution is -0.116. The molecule has 0 saturated heterocycles. The predicted octanol–water partition coefficient (Wildman–Crippen LogP) is 4.24. The molecule has 0 spiro atoms. The summed E-state index contributed by atoms with van der Waals surface area (Å²) >= 11 is 3.27. The Hall–Kier alpha value is -1.90. The number of benzene rings is 2. The maximum atomic E-state index is 12.2. The fourth-order valence-corrected chi connectivity index (χ4v) is 3.71. The molecule has 0 unspecified atom stereocenters. The van der Waals surface area contributed by atoms with Gasteiger partial charge in [-0.15, -0.1) is 0 Å². The predicted molar refractivity (Wildman–Crippen MR) is 114 cm³/mol. The zero-order chi connectivity index (χ0) is 20.6. The number of anilines is 1. The van der Waals surface area contributed by atoms with Gasteiger partial charge in [0.2, 0.25) is 15.9 Å². The number of amides is 1. The molecule has 28 heavy (non-hydrogen) atoms. The Bertz CT molecular complexity index is 899. The van der Waals surface area contributed by atoms with Gasteiger partial charge in [0.15, 0.2) is 0 Å². The van der Waals surface area contributed by atoms with Crippen molar-refractivity contribution in [2.24, 2.45) is 0 Å². The van der Waals surface area contributed by atoms with Crippen molar-refractivity contribution < 1.29 is 17.9 Å². The van der Waals surface area contributed by atoms with E-state index in [9.17, 15) is 13.2 Å². The number of sulfonamides is 1. The molecule has 0 radical (unpaired) electrons. The molecule has 0 atom stereocenters. The molecule has 2 aromatic rings. The Morgan fingerprint density at radius 3 is 2.50 bits per heavy atom. The SMILES string of the molecule is CCCCOc1ccc(NC(=O)CCNS(=O)(=O)c2ccc(Br)cc2)c(C)c1. The van der Waals surface area contributed by atoms with Gasteiger partial charge >= 0.3 is 0 Å². The van der Waals surface area contributed by atoms with Gasteiger partial charge in [0.05, 0.1) is 11.5 Å². The van der Waals surface area contributed by atoms with E-state index in [4.69, 9.17) is 4.74 Å². The third-order valence-corrected chi connectivity index (χ3v) is 6.01. The molecule has 1 amide bonds. The van der Waals surface area contributed by atoms with Crippen molar-refractivity contribution >= 4 is 37.5 Å². The molecule has 152 valence electrons. The summed E-state index contributed by atoms with van der Waals surface area (Å²) in [6, 6.07) is 11.8. The van der Waals surface area contributed by atoms with Crippen LogP contribution >= 0.6 is 15.9 Å². The van der Waals surface area contributed by atoms with Crippen molar-refractivity contribution in [3.8, 4) is 5.75 Å². The van der Waals surface area contributed by atoms with E-state index in [2.05, 4.69) is 32.9 Å². The van der Waals surface area contributed by atoms with Crippen LogP contribution in [0.3, 0.4) is 0 Å². The van der Waals surface area contributed by atoms with Gasteiger partial charge in [-0.25, -0.2) is 13.1 Å². The summed E-state index contributed by atoms with van der Waals surface area (Å²) in [6.45, 7) is 4.67. The molecule has 0 aliphatic carbocycles. The van der Waals surface area contributed by atoms with E-state index in [1.54, 1.807) is 18.2 Å². The van der Waals surface area contributed by atoms with E-state index in [0.29, 0.717) is 12.3 Å². The molecular formula is C20H25BrN2O4S. The Morgan fingerprint density at radius 1 is 1.14 bits per heavy atom. The number of aryl methyl sites for hydroxylation is 1. The third-order valence-electron chi connectivity index (χ3n) is 4.01. The molecule has 0 bridgehead atoms. The maximum absolute atomic E-state index is 12.2. The largest absolute Gasteiger partial charge is 0.494 e. The fraction of sp³-hybridized carbons (Fsp3) is 0.350. The van der Waals surface area contributed by atoms with Crippen molar-refractivity contribution in [3.63, 3.8) is 0 Å². The minimum Gasteiger partial charge on any atom is -0.494 e. The minimum absolute atomic E-state index is 0.0154. The molecule has 2 aromatic carbocycles. The van der Waals surface area contributed by atoms with Crippen LogP contribution < -0.4 is 14.8 Å². The van der Waals surface area contributed by atoms with Crippen LogP contribution in [-0.2, 0) is 14.8 Å². The monoisotopic (exact) mass is 468 g/mol. The van der Waals surface area contributed by atoms with Gasteiger partial charge in [0, 0.05) is 23.1 Å². The van der Waals surface area contributed by atoms with E-state index in [-0.39, 0.29) is 23.8 Å². The van der Waals surface area contributed by atoms with E-state index in [1.807, 2.05) is 19.1 Å². The average Bonchev–Trinajstić information content (AvgIpc) is 2.64. The quantitative estimate of drug-likeness (QED) is 0.510. The van der Waals surface area contributed by atoms with Gasteiger partial charge in [0.1, 0.15) is 5.75 Å². The maximum Gasteiger partial charge on any atom is 0.240 e. The van der Waals surface area contributed by atoms with Gasteiger partial charge in [-0.2, -0.15) is 0 Å². The first-order valence-corrected chi connectivity index (χ1v) is 11.4.